The van der Waals surface area contributed by atoms with E-state index >= 15 is 0 Å². The first-order valence-corrected chi connectivity index (χ1v) is 15.2. The highest BCUT2D eigenvalue weighted by atomic mass is 79.9. The number of fused-ring (bicyclic) bond motifs is 3. The fraction of sp³-hybridized carbons (Fsp3) is 0.194. The van der Waals surface area contributed by atoms with Gasteiger partial charge in [0.1, 0.15) is 5.75 Å². The van der Waals surface area contributed by atoms with Crippen LogP contribution in [0, 0.1) is 17.8 Å². The molecule has 7 rings (SSSR count). The van der Waals surface area contributed by atoms with Gasteiger partial charge in [0.05, 0.1) is 17.5 Å². The van der Waals surface area contributed by atoms with Gasteiger partial charge >= 0.3 is 0 Å². The quantitative estimate of drug-likeness (QED) is 0.161. The first-order chi connectivity index (χ1) is 21.2. The Balaban J connectivity index is 1.27. The normalized spacial score (nSPS) is 24.5. The number of halogens is 1. The van der Waals surface area contributed by atoms with Crippen LogP contribution in [0.15, 0.2) is 112 Å². The van der Waals surface area contributed by atoms with E-state index < -0.39 is 23.7 Å². The SMILES string of the molecule is CC1=CC(=O)C2=C(CC3C(=CCC4C(=O)N(c5ccc(C(=O)c6ccccc6)cc5)C(=O)C43)C2c2cc(Br)ccc2O)C1=O. The monoisotopic (exact) mass is 647 g/mol. The molecule has 1 aliphatic heterocycles. The largest absolute Gasteiger partial charge is 0.508 e. The van der Waals surface area contributed by atoms with Crippen LogP contribution < -0.4 is 4.90 Å². The molecule has 1 fully saturated rings. The van der Waals surface area contributed by atoms with E-state index in [2.05, 4.69) is 15.9 Å². The van der Waals surface area contributed by atoms with Crippen molar-refractivity contribution in [3.63, 3.8) is 0 Å². The summed E-state index contributed by atoms with van der Waals surface area (Å²) in [6, 6.07) is 20.3. The predicted molar refractivity (Wildman–Crippen MR) is 166 cm³/mol. The summed E-state index contributed by atoms with van der Waals surface area (Å²) in [6.45, 7) is 1.60. The lowest BCUT2D eigenvalue weighted by atomic mass is 9.59. The number of hydrogen-bond donors (Lipinski definition) is 1. The van der Waals surface area contributed by atoms with E-state index in [-0.39, 0.29) is 47.8 Å². The topological polar surface area (TPSA) is 109 Å². The van der Waals surface area contributed by atoms with E-state index in [1.54, 1.807) is 67.6 Å². The molecule has 3 aromatic carbocycles. The second-order valence-corrected chi connectivity index (χ2v) is 12.6. The van der Waals surface area contributed by atoms with Crippen molar-refractivity contribution in [3.05, 3.63) is 128 Å². The van der Waals surface area contributed by atoms with Crippen LogP contribution in [0.2, 0.25) is 0 Å². The number of hydrogen-bond acceptors (Lipinski definition) is 6. The van der Waals surface area contributed by atoms with Gasteiger partial charge in [-0.1, -0.05) is 57.9 Å². The summed E-state index contributed by atoms with van der Waals surface area (Å²) in [5.74, 6) is -4.07. The zero-order chi connectivity index (χ0) is 30.9. The van der Waals surface area contributed by atoms with E-state index in [0.29, 0.717) is 43.6 Å². The number of phenolic OH excluding ortho intramolecular Hbond substituents is 1. The third-order valence-electron chi connectivity index (χ3n) is 9.29. The van der Waals surface area contributed by atoms with Crippen molar-refractivity contribution in [2.45, 2.75) is 25.7 Å². The molecular formula is C36H26BrNO6. The number of ketones is 3. The maximum atomic E-state index is 14.2. The first-order valence-electron chi connectivity index (χ1n) is 14.4. The van der Waals surface area contributed by atoms with Crippen molar-refractivity contribution in [2.24, 2.45) is 17.8 Å². The molecule has 2 amide bonds. The lowest BCUT2D eigenvalue weighted by Crippen LogP contribution is -2.39. The van der Waals surface area contributed by atoms with Crippen LogP contribution in [-0.2, 0) is 19.2 Å². The Morgan fingerprint density at radius 2 is 1.59 bits per heavy atom. The summed E-state index contributed by atoms with van der Waals surface area (Å²) >= 11 is 3.46. The van der Waals surface area contributed by atoms with Crippen LogP contribution in [-0.4, -0.2) is 34.3 Å². The second-order valence-electron chi connectivity index (χ2n) is 11.7. The summed E-state index contributed by atoms with van der Waals surface area (Å²) in [7, 11) is 0. The molecule has 4 unspecified atom stereocenters. The van der Waals surface area contributed by atoms with Gasteiger partial charge < -0.3 is 5.11 Å². The fourth-order valence-corrected chi connectivity index (χ4v) is 7.65. The minimum atomic E-state index is -0.743. The molecule has 0 radical (unpaired) electrons. The average Bonchev–Trinajstić information content (AvgIpc) is 3.29. The van der Waals surface area contributed by atoms with Gasteiger partial charge in [-0.2, -0.15) is 0 Å². The number of benzene rings is 3. The van der Waals surface area contributed by atoms with Crippen molar-refractivity contribution < 1.29 is 29.1 Å². The Hall–Kier alpha value is -4.69. The smallest absolute Gasteiger partial charge is 0.238 e. The Kier molecular flexibility index (Phi) is 6.70. The number of imide groups is 1. The van der Waals surface area contributed by atoms with Crippen molar-refractivity contribution in [1.29, 1.82) is 0 Å². The van der Waals surface area contributed by atoms with Gasteiger partial charge in [-0.05, 0) is 74.2 Å². The van der Waals surface area contributed by atoms with Crippen molar-refractivity contribution in [1.82, 2.24) is 0 Å². The summed E-state index contributed by atoms with van der Waals surface area (Å²) in [5, 5.41) is 10.9. The molecule has 3 aromatic rings. The van der Waals surface area contributed by atoms with Crippen molar-refractivity contribution in [2.75, 3.05) is 4.90 Å². The predicted octanol–water partition coefficient (Wildman–Crippen LogP) is 6.02. The van der Waals surface area contributed by atoms with Gasteiger partial charge in [-0.15, -0.1) is 0 Å². The minimum absolute atomic E-state index is 0.0270. The van der Waals surface area contributed by atoms with Gasteiger partial charge in [0, 0.05) is 43.8 Å². The van der Waals surface area contributed by atoms with Gasteiger partial charge in [-0.25, -0.2) is 0 Å². The molecule has 1 saturated heterocycles. The fourth-order valence-electron chi connectivity index (χ4n) is 7.27. The molecule has 4 atom stereocenters. The molecule has 0 saturated carbocycles. The minimum Gasteiger partial charge on any atom is -0.508 e. The highest BCUT2D eigenvalue weighted by Gasteiger charge is 2.56. The number of phenols is 1. The van der Waals surface area contributed by atoms with E-state index in [4.69, 9.17) is 0 Å². The maximum absolute atomic E-state index is 14.2. The molecule has 218 valence electrons. The number of allylic oxidation sites excluding steroid dienone is 6. The standard InChI is InChI=1S/C36H26BrNO6/c1-18-15-29(40)32-27(33(18)41)17-25-23(30(32)26-16-21(37)9-14-28(26)39)12-13-24-31(25)36(44)38(35(24)43)22-10-7-20(8-11-22)34(42)19-5-3-2-4-6-19/h2-12,14-16,24-25,30-31,39H,13,17H2,1H3. The molecule has 4 aliphatic rings. The number of amides is 2. The average molecular weight is 649 g/mol. The lowest BCUT2D eigenvalue weighted by Gasteiger charge is -2.42. The van der Waals surface area contributed by atoms with E-state index in [1.165, 1.54) is 17.0 Å². The Labute approximate surface area is 261 Å². The summed E-state index contributed by atoms with van der Waals surface area (Å²) in [4.78, 5) is 68.9. The first kappa shape index (κ1) is 28.1. The van der Waals surface area contributed by atoms with Crippen molar-refractivity contribution >= 4 is 50.8 Å². The third-order valence-corrected chi connectivity index (χ3v) is 9.78. The van der Waals surface area contributed by atoms with Gasteiger partial charge in [0.25, 0.3) is 0 Å². The molecule has 0 spiro atoms. The second kappa shape index (κ2) is 10.5. The number of aromatic hydroxyl groups is 1. The summed E-state index contributed by atoms with van der Waals surface area (Å²) in [5.41, 5.74) is 3.56. The van der Waals surface area contributed by atoms with E-state index in [1.807, 2.05) is 12.1 Å². The number of carbonyl (C=O) groups excluding carboxylic acids is 5. The molecule has 8 heteroatoms. The molecule has 1 heterocycles. The van der Waals surface area contributed by atoms with E-state index in [0.717, 1.165) is 5.57 Å². The van der Waals surface area contributed by atoms with Gasteiger partial charge in [-0.3, -0.25) is 28.9 Å². The lowest BCUT2D eigenvalue weighted by molar-refractivity contribution is -0.123. The number of Topliss-reactive ketones (excluding diaryl/α,β-unsaturated/α-hetero) is 1. The molecule has 1 N–H and O–H groups in total. The highest BCUT2D eigenvalue weighted by Crippen LogP contribution is 2.56. The third kappa shape index (κ3) is 4.27. The highest BCUT2D eigenvalue weighted by molar-refractivity contribution is 9.10. The molecule has 7 nitrogen and oxygen atoms in total. The van der Waals surface area contributed by atoms with Crippen LogP contribution in [0.1, 0.15) is 47.2 Å². The number of carbonyl (C=O) groups is 5. The summed E-state index contributed by atoms with van der Waals surface area (Å²) in [6.07, 6.45) is 3.70. The van der Waals surface area contributed by atoms with Gasteiger partial charge in [0.15, 0.2) is 17.3 Å². The molecule has 44 heavy (non-hydrogen) atoms. The van der Waals surface area contributed by atoms with Crippen LogP contribution in [0.25, 0.3) is 0 Å². The van der Waals surface area contributed by atoms with Gasteiger partial charge in [0.2, 0.25) is 11.8 Å². The number of rotatable bonds is 4. The van der Waals surface area contributed by atoms with Crippen LogP contribution in [0.4, 0.5) is 5.69 Å². The van der Waals surface area contributed by atoms with Crippen LogP contribution >= 0.6 is 15.9 Å². The maximum Gasteiger partial charge on any atom is 0.238 e. The molecular weight excluding hydrogens is 622 g/mol. The van der Waals surface area contributed by atoms with Crippen molar-refractivity contribution in [3.8, 4) is 5.75 Å². The van der Waals surface area contributed by atoms with E-state index in [9.17, 15) is 29.1 Å². The Morgan fingerprint density at radius 3 is 2.32 bits per heavy atom. The summed E-state index contributed by atoms with van der Waals surface area (Å²) < 4.78 is 0.692. The molecule has 0 bridgehead atoms. The molecule has 3 aliphatic carbocycles. The van der Waals surface area contributed by atoms with Crippen LogP contribution in [0.3, 0.4) is 0 Å². The Morgan fingerprint density at radius 1 is 0.886 bits per heavy atom. The molecule has 0 aromatic heterocycles. The number of nitrogens with zero attached hydrogens (tertiary/aromatic N) is 1. The number of anilines is 1. The van der Waals surface area contributed by atoms with Crippen LogP contribution in [0.5, 0.6) is 5.75 Å². The Bertz CT molecular complexity index is 1900. The zero-order valence-electron chi connectivity index (χ0n) is 23.6. The zero-order valence-corrected chi connectivity index (χ0v) is 25.2.